The molecule has 1 N–H and O–H groups in total. The Morgan fingerprint density at radius 2 is 1.70 bits per heavy atom. The van der Waals surface area contributed by atoms with Crippen molar-refractivity contribution in [3.63, 3.8) is 0 Å². The van der Waals surface area contributed by atoms with Crippen LogP contribution in [0.5, 0.6) is 17.2 Å². The third-order valence-electron chi connectivity index (χ3n) is 3.16. The van der Waals surface area contributed by atoms with Crippen LogP contribution in [-0.4, -0.2) is 13.0 Å². The van der Waals surface area contributed by atoms with Crippen molar-refractivity contribution < 1.29 is 14.3 Å². The fourth-order valence-corrected chi connectivity index (χ4v) is 1.99. The smallest absolute Gasteiger partial charge is 0.229 e. The lowest BCUT2D eigenvalue weighted by Gasteiger charge is -2.20. The molecule has 2 aromatic carbocycles. The Bertz CT molecular complexity index is 708. The summed E-state index contributed by atoms with van der Waals surface area (Å²) in [5.74, 6) is 1.54. The fourth-order valence-electron chi connectivity index (χ4n) is 1.82. The van der Waals surface area contributed by atoms with Gasteiger partial charge < -0.3 is 14.8 Å². The molecule has 0 radical (unpaired) electrons. The van der Waals surface area contributed by atoms with Crippen molar-refractivity contribution in [3.8, 4) is 17.2 Å². The summed E-state index contributed by atoms with van der Waals surface area (Å²) < 4.78 is 11.2. The number of ether oxygens (including phenoxy) is 2. The van der Waals surface area contributed by atoms with Gasteiger partial charge in [-0.25, -0.2) is 0 Å². The monoisotopic (exact) mass is 333 g/mol. The summed E-state index contributed by atoms with van der Waals surface area (Å²) >= 11 is 6.04. The minimum atomic E-state index is -0.524. The number of hydrogen-bond donors (Lipinski definition) is 1. The van der Waals surface area contributed by atoms with E-state index < -0.39 is 5.41 Å². The molecule has 0 aliphatic rings. The van der Waals surface area contributed by atoms with Crippen molar-refractivity contribution in [1.82, 2.24) is 0 Å². The molecule has 0 unspecified atom stereocenters. The summed E-state index contributed by atoms with van der Waals surface area (Å²) in [5.41, 5.74) is -0.00681. The number of nitrogens with one attached hydrogen (secondary N) is 1. The summed E-state index contributed by atoms with van der Waals surface area (Å²) in [6.45, 7) is 5.52. The second-order valence-corrected chi connectivity index (χ2v) is 6.53. The average molecular weight is 334 g/mol. The highest BCUT2D eigenvalue weighted by atomic mass is 35.5. The normalized spacial score (nSPS) is 11.0. The first-order valence-electron chi connectivity index (χ1n) is 7.23. The minimum absolute atomic E-state index is 0.121. The molecule has 0 spiro atoms. The molecule has 1 amide bonds. The Morgan fingerprint density at radius 1 is 1.04 bits per heavy atom. The predicted octanol–water partition coefficient (Wildman–Crippen LogP) is 5.13. The van der Waals surface area contributed by atoms with Crippen LogP contribution in [0, 0.1) is 5.41 Å². The van der Waals surface area contributed by atoms with E-state index >= 15 is 0 Å². The number of hydrogen-bond acceptors (Lipinski definition) is 3. The highest BCUT2D eigenvalue weighted by molar-refractivity contribution is 6.31. The zero-order valence-corrected chi connectivity index (χ0v) is 14.4. The maximum absolute atomic E-state index is 12.2. The van der Waals surface area contributed by atoms with Gasteiger partial charge in [0.2, 0.25) is 5.91 Å². The molecule has 0 bridgehead atoms. The van der Waals surface area contributed by atoms with Crippen LogP contribution in [0.2, 0.25) is 5.02 Å². The number of para-hydroxylation sites is 2. The van der Waals surface area contributed by atoms with Gasteiger partial charge in [-0.2, -0.15) is 0 Å². The minimum Gasteiger partial charge on any atom is -0.493 e. The van der Waals surface area contributed by atoms with E-state index in [0.717, 1.165) is 0 Å². The molecular formula is C18H20ClNO3. The second kappa shape index (κ2) is 6.92. The summed E-state index contributed by atoms with van der Waals surface area (Å²) in [6, 6.07) is 12.4. The SMILES string of the molecule is COc1ccccc1Oc1ccc(Cl)cc1NC(=O)C(C)(C)C. The first kappa shape index (κ1) is 17.2. The average Bonchev–Trinajstić information content (AvgIpc) is 2.49. The zero-order chi connectivity index (χ0) is 17.0. The molecular weight excluding hydrogens is 314 g/mol. The van der Waals surface area contributed by atoms with Crippen LogP contribution in [0.15, 0.2) is 42.5 Å². The van der Waals surface area contributed by atoms with E-state index in [1.165, 1.54) is 0 Å². The van der Waals surface area contributed by atoms with Gasteiger partial charge in [-0.15, -0.1) is 0 Å². The van der Waals surface area contributed by atoms with Gasteiger partial charge in [-0.3, -0.25) is 4.79 Å². The van der Waals surface area contributed by atoms with E-state index in [-0.39, 0.29) is 5.91 Å². The number of carbonyl (C=O) groups is 1. The van der Waals surface area contributed by atoms with Gasteiger partial charge >= 0.3 is 0 Å². The van der Waals surface area contributed by atoms with Crippen LogP contribution in [0.1, 0.15) is 20.8 Å². The van der Waals surface area contributed by atoms with E-state index in [1.54, 1.807) is 37.4 Å². The molecule has 0 heterocycles. The maximum atomic E-state index is 12.2. The van der Waals surface area contributed by atoms with E-state index in [4.69, 9.17) is 21.1 Å². The van der Waals surface area contributed by atoms with E-state index in [0.29, 0.717) is 28.0 Å². The van der Waals surface area contributed by atoms with Crippen molar-refractivity contribution in [1.29, 1.82) is 0 Å². The number of benzene rings is 2. The molecule has 23 heavy (non-hydrogen) atoms. The Hall–Kier alpha value is -2.20. The van der Waals surface area contributed by atoms with Crippen LogP contribution < -0.4 is 14.8 Å². The first-order valence-corrected chi connectivity index (χ1v) is 7.61. The lowest BCUT2D eigenvalue weighted by atomic mass is 9.95. The highest BCUT2D eigenvalue weighted by Gasteiger charge is 2.22. The molecule has 0 aliphatic carbocycles. The molecule has 0 fully saturated rings. The molecule has 122 valence electrons. The van der Waals surface area contributed by atoms with Gasteiger partial charge in [-0.1, -0.05) is 44.5 Å². The van der Waals surface area contributed by atoms with E-state index in [2.05, 4.69) is 5.32 Å². The molecule has 2 aromatic rings. The molecule has 4 nitrogen and oxygen atoms in total. The summed E-state index contributed by atoms with van der Waals surface area (Å²) in [4.78, 5) is 12.2. The molecule has 2 rings (SSSR count). The topological polar surface area (TPSA) is 47.6 Å². The summed E-state index contributed by atoms with van der Waals surface area (Å²) in [6.07, 6.45) is 0. The Morgan fingerprint density at radius 3 is 2.30 bits per heavy atom. The molecule has 0 aromatic heterocycles. The first-order chi connectivity index (χ1) is 10.8. The number of amides is 1. The summed E-state index contributed by atoms with van der Waals surface area (Å²) in [7, 11) is 1.58. The van der Waals surface area contributed by atoms with Crippen molar-refractivity contribution in [2.45, 2.75) is 20.8 Å². The van der Waals surface area contributed by atoms with Crippen molar-refractivity contribution in [3.05, 3.63) is 47.5 Å². The third kappa shape index (κ3) is 4.39. The van der Waals surface area contributed by atoms with Crippen LogP contribution in [0.3, 0.4) is 0 Å². The number of halogens is 1. The van der Waals surface area contributed by atoms with Gasteiger partial charge in [0, 0.05) is 10.4 Å². The quantitative estimate of drug-likeness (QED) is 0.844. The lowest BCUT2D eigenvalue weighted by Crippen LogP contribution is -2.27. The maximum Gasteiger partial charge on any atom is 0.229 e. The number of rotatable bonds is 4. The standard InChI is InChI=1S/C18H20ClNO3/c1-18(2,3)17(21)20-13-11-12(19)9-10-14(13)23-16-8-6-5-7-15(16)22-4/h5-11H,1-4H3,(H,20,21). The van der Waals surface area contributed by atoms with Gasteiger partial charge in [0.25, 0.3) is 0 Å². The predicted molar refractivity (Wildman–Crippen MR) is 92.6 cm³/mol. The van der Waals surface area contributed by atoms with Gasteiger partial charge in [0.15, 0.2) is 17.2 Å². The van der Waals surface area contributed by atoms with Crippen molar-refractivity contribution >= 4 is 23.2 Å². The Kier molecular flexibility index (Phi) is 5.16. The molecule has 5 heteroatoms. The largest absolute Gasteiger partial charge is 0.493 e. The van der Waals surface area contributed by atoms with Crippen LogP contribution in [0.25, 0.3) is 0 Å². The van der Waals surface area contributed by atoms with Crippen LogP contribution in [0.4, 0.5) is 5.69 Å². The van der Waals surface area contributed by atoms with Gasteiger partial charge in [0.05, 0.1) is 12.8 Å². The Labute approximate surface area is 141 Å². The third-order valence-corrected chi connectivity index (χ3v) is 3.40. The number of anilines is 1. The number of carbonyl (C=O) groups excluding carboxylic acids is 1. The van der Waals surface area contributed by atoms with Crippen LogP contribution >= 0.6 is 11.6 Å². The zero-order valence-electron chi connectivity index (χ0n) is 13.6. The van der Waals surface area contributed by atoms with Gasteiger partial charge in [-0.05, 0) is 30.3 Å². The van der Waals surface area contributed by atoms with Gasteiger partial charge in [0.1, 0.15) is 0 Å². The molecule has 0 atom stereocenters. The number of methoxy groups -OCH3 is 1. The molecule has 0 saturated carbocycles. The molecule has 0 aliphatic heterocycles. The van der Waals surface area contributed by atoms with Crippen molar-refractivity contribution in [2.75, 3.05) is 12.4 Å². The van der Waals surface area contributed by atoms with E-state index in [1.807, 2.05) is 32.9 Å². The lowest BCUT2D eigenvalue weighted by molar-refractivity contribution is -0.123. The summed E-state index contributed by atoms with van der Waals surface area (Å²) in [5, 5.41) is 3.38. The van der Waals surface area contributed by atoms with Crippen molar-refractivity contribution in [2.24, 2.45) is 5.41 Å². The Balaban J connectivity index is 2.34. The fraction of sp³-hybridized carbons (Fsp3) is 0.278. The van der Waals surface area contributed by atoms with E-state index in [9.17, 15) is 4.79 Å². The highest BCUT2D eigenvalue weighted by Crippen LogP contribution is 2.36. The molecule has 0 saturated heterocycles. The second-order valence-electron chi connectivity index (χ2n) is 6.10. The van der Waals surface area contributed by atoms with Crippen LogP contribution in [-0.2, 0) is 4.79 Å².